The molecule has 166 valence electrons. The molecule has 0 aliphatic carbocycles. The van der Waals surface area contributed by atoms with Gasteiger partial charge < -0.3 is 14.1 Å². The number of hydrogen-bond donors (Lipinski definition) is 0. The zero-order chi connectivity index (χ0) is 22.7. The Morgan fingerprint density at radius 2 is 1.70 bits per heavy atom. The normalized spacial score (nSPS) is 12.7. The monoisotopic (exact) mass is 433 g/mol. The molecule has 0 fully saturated rings. The fourth-order valence-electron chi connectivity index (χ4n) is 2.26. The van der Waals surface area contributed by atoms with Crippen molar-refractivity contribution < 1.29 is 14.0 Å². The van der Waals surface area contributed by atoms with Crippen molar-refractivity contribution in [3.05, 3.63) is 36.2 Å². The number of imidazole rings is 1. The highest BCUT2D eigenvalue weighted by molar-refractivity contribution is 6.74. The second kappa shape index (κ2) is 8.85. The van der Waals surface area contributed by atoms with E-state index >= 15 is 0 Å². The third-order valence-corrected chi connectivity index (χ3v) is 9.55. The largest absolute Gasteiger partial charge is 0.444 e. The topological polar surface area (TPSA) is 82.4 Å². The van der Waals surface area contributed by atoms with E-state index in [1.54, 1.807) is 30.3 Å². The summed E-state index contributed by atoms with van der Waals surface area (Å²) in [7, 11) is -0.141. The van der Waals surface area contributed by atoms with Gasteiger partial charge in [-0.25, -0.2) is 19.7 Å². The molecule has 0 N–H and O–H groups in total. The highest BCUT2D eigenvalue weighted by Crippen LogP contribution is 2.36. The van der Waals surface area contributed by atoms with Crippen molar-refractivity contribution in [2.24, 2.45) is 0 Å². The maximum absolute atomic E-state index is 12.1. The molecule has 0 spiro atoms. The summed E-state index contributed by atoms with van der Waals surface area (Å²) in [5.74, 6) is 0.518. The quantitative estimate of drug-likeness (QED) is 0.622. The van der Waals surface area contributed by atoms with Crippen molar-refractivity contribution in [3.8, 4) is 5.95 Å². The smallest absolute Gasteiger partial charge is 0.410 e. The Balaban J connectivity index is 1.98. The van der Waals surface area contributed by atoms with E-state index < -0.39 is 13.9 Å². The summed E-state index contributed by atoms with van der Waals surface area (Å²) >= 11 is 0. The molecule has 30 heavy (non-hydrogen) atoms. The molecule has 0 atom stereocenters. The van der Waals surface area contributed by atoms with Crippen LogP contribution >= 0.6 is 0 Å². The van der Waals surface area contributed by atoms with Gasteiger partial charge in [0.2, 0.25) is 5.95 Å². The van der Waals surface area contributed by atoms with Crippen molar-refractivity contribution in [3.63, 3.8) is 0 Å². The number of rotatable bonds is 6. The van der Waals surface area contributed by atoms with Crippen LogP contribution in [-0.4, -0.2) is 51.5 Å². The van der Waals surface area contributed by atoms with Gasteiger partial charge in [-0.2, -0.15) is 0 Å². The molecule has 9 heteroatoms. The van der Waals surface area contributed by atoms with E-state index in [0.717, 1.165) is 11.3 Å². The summed E-state index contributed by atoms with van der Waals surface area (Å²) in [6.45, 7) is 17.5. The molecule has 0 bridgehead atoms. The number of ether oxygens (including phenoxy) is 1. The summed E-state index contributed by atoms with van der Waals surface area (Å²) in [5, 5.41) is 0.154. The maximum atomic E-state index is 12.1. The molecular weight excluding hydrogens is 398 g/mol. The van der Waals surface area contributed by atoms with E-state index in [4.69, 9.17) is 9.16 Å². The van der Waals surface area contributed by atoms with Crippen LogP contribution in [0.2, 0.25) is 18.1 Å². The molecule has 0 saturated carbocycles. The van der Waals surface area contributed by atoms with E-state index in [-0.39, 0.29) is 11.1 Å². The van der Waals surface area contributed by atoms with Crippen molar-refractivity contribution in [1.82, 2.24) is 24.4 Å². The molecule has 0 aliphatic heterocycles. The average molecular weight is 434 g/mol. The lowest BCUT2D eigenvalue weighted by Gasteiger charge is -2.35. The van der Waals surface area contributed by atoms with E-state index in [1.165, 1.54) is 4.90 Å². The molecule has 0 aliphatic rings. The average Bonchev–Trinajstić information content (AvgIpc) is 3.07. The number of carbonyl (C=O) groups is 1. The Morgan fingerprint density at radius 1 is 1.10 bits per heavy atom. The van der Waals surface area contributed by atoms with Gasteiger partial charge in [0.25, 0.3) is 0 Å². The predicted molar refractivity (Wildman–Crippen MR) is 119 cm³/mol. The van der Waals surface area contributed by atoms with Crippen molar-refractivity contribution >= 4 is 14.4 Å². The molecule has 2 rings (SSSR count). The van der Waals surface area contributed by atoms with Gasteiger partial charge >= 0.3 is 6.09 Å². The zero-order valence-electron chi connectivity index (χ0n) is 19.7. The first-order valence-electron chi connectivity index (χ1n) is 10.1. The van der Waals surface area contributed by atoms with E-state index in [2.05, 4.69) is 48.8 Å². The van der Waals surface area contributed by atoms with E-state index in [9.17, 15) is 4.79 Å². The van der Waals surface area contributed by atoms with Gasteiger partial charge in [-0.3, -0.25) is 4.57 Å². The fourth-order valence-corrected chi connectivity index (χ4v) is 3.20. The molecule has 2 aromatic heterocycles. The molecule has 0 saturated heterocycles. The minimum Gasteiger partial charge on any atom is -0.444 e. The lowest BCUT2D eigenvalue weighted by atomic mass is 10.2. The molecular formula is C21H35N5O3Si. The van der Waals surface area contributed by atoms with Crippen LogP contribution in [-0.2, 0) is 22.3 Å². The SMILES string of the molecule is CN(Cc1cnc(-n2cnc(CO[Si](C)(C)C(C)(C)C)c2)nc1)C(=O)OC(C)(C)C. The van der Waals surface area contributed by atoms with Crippen LogP contribution < -0.4 is 0 Å². The van der Waals surface area contributed by atoms with Gasteiger partial charge in [0.05, 0.1) is 18.8 Å². The fraction of sp³-hybridized carbons (Fsp3) is 0.619. The lowest BCUT2D eigenvalue weighted by molar-refractivity contribution is 0.0285. The second-order valence-corrected chi connectivity index (χ2v) is 14.9. The minimum atomic E-state index is -1.83. The third-order valence-electron chi connectivity index (χ3n) is 5.07. The van der Waals surface area contributed by atoms with Crippen molar-refractivity contribution in [2.45, 2.75) is 78.4 Å². The van der Waals surface area contributed by atoms with E-state index in [1.807, 2.05) is 27.0 Å². The zero-order valence-corrected chi connectivity index (χ0v) is 20.7. The summed E-state index contributed by atoms with van der Waals surface area (Å²) in [6, 6.07) is 0. The summed E-state index contributed by atoms with van der Waals surface area (Å²) in [5.41, 5.74) is 1.13. The van der Waals surface area contributed by atoms with E-state index in [0.29, 0.717) is 19.1 Å². The van der Waals surface area contributed by atoms with Crippen LogP contribution in [0.25, 0.3) is 5.95 Å². The van der Waals surface area contributed by atoms with Crippen LogP contribution in [0.4, 0.5) is 4.79 Å². The maximum Gasteiger partial charge on any atom is 0.410 e. The first-order chi connectivity index (χ1) is 13.7. The lowest BCUT2D eigenvalue weighted by Crippen LogP contribution is -2.40. The predicted octanol–water partition coefficient (Wildman–Crippen LogP) is 4.55. The highest BCUT2D eigenvalue weighted by atomic mass is 28.4. The number of aromatic nitrogens is 4. The highest BCUT2D eigenvalue weighted by Gasteiger charge is 2.37. The molecule has 1 amide bonds. The van der Waals surface area contributed by atoms with Gasteiger partial charge in [0.15, 0.2) is 8.32 Å². The van der Waals surface area contributed by atoms with Gasteiger partial charge in [0.1, 0.15) is 11.9 Å². The van der Waals surface area contributed by atoms with Crippen LogP contribution in [0.5, 0.6) is 0 Å². The second-order valence-electron chi connectivity index (χ2n) is 10.0. The van der Waals surface area contributed by atoms with Crippen molar-refractivity contribution in [2.75, 3.05) is 7.05 Å². The first-order valence-corrected chi connectivity index (χ1v) is 13.0. The Kier molecular flexibility index (Phi) is 7.08. The summed E-state index contributed by atoms with van der Waals surface area (Å²) in [4.78, 5) is 26.8. The third kappa shape index (κ3) is 6.63. The van der Waals surface area contributed by atoms with Crippen LogP contribution in [0.3, 0.4) is 0 Å². The van der Waals surface area contributed by atoms with Gasteiger partial charge in [-0.15, -0.1) is 0 Å². The Morgan fingerprint density at radius 3 is 2.23 bits per heavy atom. The Labute approximate surface area is 180 Å². The van der Waals surface area contributed by atoms with Gasteiger partial charge in [-0.05, 0) is 38.9 Å². The molecule has 2 heterocycles. The van der Waals surface area contributed by atoms with Crippen molar-refractivity contribution in [1.29, 1.82) is 0 Å². The standard InChI is InChI=1S/C21H35N5O3Si/c1-20(2,3)29-19(27)25(7)12-16-10-22-18(23-11-16)26-13-17(24-15-26)14-28-30(8,9)21(4,5)6/h10-11,13,15H,12,14H2,1-9H3. The number of amides is 1. The Bertz CT molecular complexity index is 851. The van der Waals surface area contributed by atoms with Gasteiger partial charge in [0, 0.05) is 31.2 Å². The number of hydrogen-bond acceptors (Lipinski definition) is 6. The van der Waals surface area contributed by atoms with Crippen LogP contribution in [0, 0.1) is 0 Å². The summed E-state index contributed by atoms with van der Waals surface area (Å²) < 4.78 is 13.4. The van der Waals surface area contributed by atoms with Crippen LogP contribution in [0.15, 0.2) is 24.9 Å². The van der Waals surface area contributed by atoms with Crippen LogP contribution in [0.1, 0.15) is 52.8 Å². The number of nitrogens with zero attached hydrogens (tertiary/aromatic N) is 5. The molecule has 0 aromatic carbocycles. The molecule has 2 aromatic rings. The first kappa shape index (κ1) is 24.0. The Hall–Kier alpha value is -2.26. The summed E-state index contributed by atoms with van der Waals surface area (Å²) in [6.07, 6.45) is 6.60. The van der Waals surface area contributed by atoms with Gasteiger partial charge in [-0.1, -0.05) is 20.8 Å². The molecule has 0 unspecified atom stereocenters. The minimum absolute atomic E-state index is 0.154. The number of carbonyl (C=O) groups excluding carboxylic acids is 1. The molecule has 8 nitrogen and oxygen atoms in total. The molecule has 0 radical (unpaired) electrons.